The molecule has 0 fully saturated rings. The minimum absolute atomic E-state index is 0.259. The van der Waals surface area contributed by atoms with E-state index in [-0.39, 0.29) is 5.95 Å². The molecule has 1 aromatic heterocycles. The molecule has 0 bridgehead atoms. The van der Waals surface area contributed by atoms with E-state index in [1.807, 2.05) is 12.1 Å². The summed E-state index contributed by atoms with van der Waals surface area (Å²) in [6.45, 7) is 0.892. The van der Waals surface area contributed by atoms with Crippen molar-refractivity contribution in [3.63, 3.8) is 0 Å². The molecule has 0 radical (unpaired) electrons. The number of nitrogens with zero attached hydrogens (tertiary/aromatic N) is 4. The van der Waals surface area contributed by atoms with Gasteiger partial charge in [-0.2, -0.15) is 4.98 Å². The molecular formula is C11H11N5. The first-order valence-electron chi connectivity index (χ1n) is 5.14. The lowest BCUT2D eigenvalue weighted by Gasteiger charge is -2.16. The van der Waals surface area contributed by atoms with E-state index in [1.54, 1.807) is 0 Å². The van der Waals surface area contributed by atoms with Gasteiger partial charge >= 0.3 is 0 Å². The van der Waals surface area contributed by atoms with Gasteiger partial charge in [-0.25, -0.2) is 9.97 Å². The largest absolute Gasteiger partial charge is 0.368 e. The molecule has 0 spiro atoms. The number of rotatable bonds is 1. The van der Waals surface area contributed by atoms with Crippen LogP contribution in [0.2, 0.25) is 0 Å². The molecule has 1 aliphatic heterocycles. The second-order valence-electron chi connectivity index (χ2n) is 3.67. The molecule has 1 aromatic carbocycles. The predicted octanol–water partition coefficient (Wildman–Crippen LogP) is 1.15. The number of hydrogen-bond donors (Lipinski definition) is 1. The van der Waals surface area contributed by atoms with Crippen LogP contribution in [0.5, 0.6) is 0 Å². The molecule has 0 saturated carbocycles. The molecule has 80 valence electrons. The number of nitrogens with two attached hydrogens (primary N) is 1. The van der Waals surface area contributed by atoms with E-state index in [1.165, 1.54) is 11.9 Å². The Morgan fingerprint density at radius 3 is 2.94 bits per heavy atom. The maximum Gasteiger partial charge on any atom is 0.234 e. The molecule has 0 aliphatic carbocycles. The van der Waals surface area contributed by atoms with Gasteiger partial charge in [-0.1, -0.05) is 18.2 Å². The van der Waals surface area contributed by atoms with Crippen molar-refractivity contribution in [3.05, 3.63) is 36.2 Å². The first kappa shape index (κ1) is 9.08. The Kier molecular flexibility index (Phi) is 1.96. The van der Waals surface area contributed by atoms with Gasteiger partial charge in [0.15, 0.2) is 0 Å². The molecule has 1 aliphatic rings. The maximum atomic E-state index is 5.56. The first-order chi connectivity index (χ1) is 7.84. The monoisotopic (exact) mass is 213 g/mol. The van der Waals surface area contributed by atoms with Crippen LogP contribution in [0, 0.1) is 0 Å². The Morgan fingerprint density at radius 2 is 2.06 bits per heavy atom. The molecule has 2 N–H and O–H groups in total. The normalized spacial score (nSPS) is 13.9. The molecule has 2 aromatic rings. The number of hydrogen-bond acceptors (Lipinski definition) is 5. The van der Waals surface area contributed by atoms with Crippen LogP contribution in [0.15, 0.2) is 30.6 Å². The predicted molar refractivity (Wildman–Crippen MR) is 61.4 cm³/mol. The van der Waals surface area contributed by atoms with Gasteiger partial charge in [-0.3, -0.25) is 0 Å². The third-order valence-electron chi connectivity index (χ3n) is 2.71. The summed E-state index contributed by atoms with van der Waals surface area (Å²) in [5.41, 5.74) is 8.04. The Labute approximate surface area is 93.0 Å². The third kappa shape index (κ3) is 1.37. The quantitative estimate of drug-likeness (QED) is 0.769. The zero-order chi connectivity index (χ0) is 11.0. The lowest BCUT2D eigenvalue weighted by molar-refractivity contribution is 0.923. The van der Waals surface area contributed by atoms with E-state index in [0.29, 0.717) is 5.95 Å². The Balaban J connectivity index is 2.05. The fourth-order valence-electron chi connectivity index (χ4n) is 1.98. The van der Waals surface area contributed by atoms with E-state index >= 15 is 0 Å². The fourth-order valence-corrected chi connectivity index (χ4v) is 1.98. The molecule has 0 atom stereocenters. The van der Waals surface area contributed by atoms with E-state index in [4.69, 9.17) is 5.73 Å². The van der Waals surface area contributed by atoms with Crippen LogP contribution in [0.25, 0.3) is 0 Å². The molecule has 0 amide bonds. The Bertz CT molecular complexity index is 525. The molecule has 0 saturated heterocycles. The van der Waals surface area contributed by atoms with Crippen molar-refractivity contribution >= 4 is 17.6 Å². The number of benzene rings is 1. The number of para-hydroxylation sites is 1. The van der Waals surface area contributed by atoms with E-state index in [2.05, 4.69) is 32.0 Å². The van der Waals surface area contributed by atoms with Gasteiger partial charge in [0.25, 0.3) is 0 Å². The summed E-state index contributed by atoms with van der Waals surface area (Å²) in [5, 5.41) is 0. The molecule has 0 unspecified atom stereocenters. The summed E-state index contributed by atoms with van der Waals surface area (Å²) in [5.74, 6) is 0.881. The highest BCUT2D eigenvalue weighted by molar-refractivity contribution is 5.65. The smallest absolute Gasteiger partial charge is 0.234 e. The highest BCUT2D eigenvalue weighted by atomic mass is 15.3. The highest BCUT2D eigenvalue weighted by Crippen LogP contribution is 2.31. The molecule has 16 heavy (non-hydrogen) atoms. The molecule has 2 heterocycles. The number of anilines is 3. The van der Waals surface area contributed by atoms with Crippen LogP contribution >= 0.6 is 0 Å². The lowest BCUT2D eigenvalue weighted by Crippen LogP contribution is -2.17. The SMILES string of the molecule is Nc1ncnc(N2CCc3ccccc32)n1. The van der Waals surface area contributed by atoms with Crippen LogP contribution in [0.1, 0.15) is 5.56 Å². The number of fused-ring (bicyclic) bond motifs is 1. The van der Waals surface area contributed by atoms with Gasteiger partial charge in [0.05, 0.1) is 0 Å². The van der Waals surface area contributed by atoms with E-state index in [0.717, 1.165) is 18.7 Å². The van der Waals surface area contributed by atoms with Gasteiger partial charge in [0.1, 0.15) is 6.33 Å². The summed E-state index contributed by atoms with van der Waals surface area (Å²) in [4.78, 5) is 14.1. The van der Waals surface area contributed by atoms with E-state index in [9.17, 15) is 0 Å². The van der Waals surface area contributed by atoms with Gasteiger partial charge in [0.2, 0.25) is 11.9 Å². The minimum atomic E-state index is 0.259. The van der Waals surface area contributed by atoms with Crippen molar-refractivity contribution in [2.75, 3.05) is 17.2 Å². The van der Waals surface area contributed by atoms with Crippen LogP contribution in [-0.4, -0.2) is 21.5 Å². The fraction of sp³-hybridized carbons (Fsp3) is 0.182. The van der Waals surface area contributed by atoms with Crippen LogP contribution in [-0.2, 0) is 6.42 Å². The molecule has 5 nitrogen and oxygen atoms in total. The number of nitrogen functional groups attached to an aromatic ring is 1. The molecular weight excluding hydrogens is 202 g/mol. The van der Waals surface area contributed by atoms with Crippen molar-refractivity contribution in [3.8, 4) is 0 Å². The third-order valence-corrected chi connectivity index (χ3v) is 2.71. The van der Waals surface area contributed by atoms with Gasteiger partial charge in [-0.05, 0) is 18.1 Å². The maximum absolute atomic E-state index is 5.56. The van der Waals surface area contributed by atoms with Crippen molar-refractivity contribution in [1.29, 1.82) is 0 Å². The van der Waals surface area contributed by atoms with Crippen molar-refractivity contribution in [1.82, 2.24) is 15.0 Å². The van der Waals surface area contributed by atoms with Gasteiger partial charge in [0, 0.05) is 12.2 Å². The van der Waals surface area contributed by atoms with Gasteiger partial charge in [-0.15, -0.1) is 0 Å². The summed E-state index contributed by atoms with van der Waals surface area (Å²) < 4.78 is 0. The average molecular weight is 213 g/mol. The Hall–Kier alpha value is -2.17. The summed E-state index contributed by atoms with van der Waals surface area (Å²) >= 11 is 0. The zero-order valence-electron chi connectivity index (χ0n) is 8.67. The van der Waals surface area contributed by atoms with Crippen molar-refractivity contribution < 1.29 is 0 Å². The van der Waals surface area contributed by atoms with Crippen LogP contribution < -0.4 is 10.6 Å². The van der Waals surface area contributed by atoms with Crippen molar-refractivity contribution in [2.45, 2.75) is 6.42 Å². The molecule has 3 rings (SSSR count). The summed E-state index contributed by atoms with van der Waals surface area (Å²) in [7, 11) is 0. The number of aromatic nitrogens is 3. The minimum Gasteiger partial charge on any atom is -0.368 e. The van der Waals surface area contributed by atoms with Crippen molar-refractivity contribution in [2.24, 2.45) is 0 Å². The molecule has 5 heteroatoms. The summed E-state index contributed by atoms with van der Waals surface area (Å²) in [6.07, 6.45) is 2.46. The summed E-state index contributed by atoms with van der Waals surface area (Å²) in [6, 6.07) is 8.26. The van der Waals surface area contributed by atoms with Crippen LogP contribution in [0.4, 0.5) is 17.6 Å². The van der Waals surface area contributed by atoms with E-state index < -0.39 is 0 Å². The standard InChI is InChI=1S/C11H11N5/c12-10-13-7-14-11(15-10)16-6-5-8-3-1-2-4-9(8)16/h1-4,7H,5-6H2,(H2,12,13,14,15). The topological polar surface area (TPSA) is 67.9 Å². The lowest BCUT2D eigenvalue weighted by atomic mass is 10.2. The van der Waals surface area contributed by atoms with Gasteiger partial charge < -0.3 is 10.6 Å². The highest BCUT2D eigenvalue weighted by Gasteiger charge is 2.21. The zero-order valence-corrected chi connectivity index (χ0v) is 8.67. The second-order valence-corrected chi connectivity index (χ2v) is 3.67. The van der Waals surface area contributed by atoms with Crippen LogP contribution in [0.3, 0.4) is 0 Å². The second kappa shape index (κ2) is 3.44. The first-order valence-corrected chi connectivity index (χ1v) is 5.14. The Morgan fingerprint density at radius 1 is 1.19 bits per heavy atom. The average Bonchev–Trinajstić information content (AvgIpc) is 2.72.